The molecule has 21 heavy (non-hydrogen) atoms. The van der Waals surface area contributed by atoms with Gasteiger partial charge in [0.1, 0.15) is 0 Å². The highest BCUT2D eigenvalue weighted by Gasteiger charge is 2.49. The lowest BCUT2D eigenvalue weighted by molar-refractivity contribution is -0.115. The fourth-order valence-corrected chi connectivity index (χ4v) is 7.23. The Bertz CT molecular complexity index is 733. The van der Waals surface area contributed by atoms with Gasteiger partial charge in [0, 0.05) is 15.7 Å². The molecule has 0 radical (unpaired) electrons. The average molecular weight is 436 g/mol. The van der Waals surface area contributed by atoms with Crippen molar-refractivity contribution in [2.24, 2.45) is 4.99 Å². The van der Waals surface area contributed by atoms with Crippen molar-refractivity contribution in [3.63, 3.8) is 0 Å². The molecule has 2 atom stereocenters. The van der Waals surface area contributed by atoms with Crippen molar-refractivity contribution in [3.8, 4) is 0 Å². The molecule has 0 aromatic heterocycles. The van der Waals surface area contributed by atoms with Crippen molar-refractivity contribution in [2.45, 2.75) is 18.2 Å². The van der Waals surface area contributed by atoms with E-state index in [1.54, 1.807) is 0 Å². The minimum Gasteiger partial charge on any atom is -0.315 e. The Hall–Kier alpha value is -0.610. The van der Waals surface area contributed by atoms with Gasteiger partial charge in [0.15, 0.2) is 15.0 Å². The predicted octanol–water partition coefficient (Wildman–Crippen LogP) is 1.91. The first-order valence-corrected chi connectivity index (χ1v) is 10.2. The van der Waals surface area contributed by atoms with Gasteiger partial charge in [0.2, 0.25) is 5.91 Å². The fraction of sp³-hybridized carbons (Fsp3) is 0.385. The van der Waals surface area contributed by atoms with Crippen molar-refractivity contribution < 1.29 is 13.2 Å². The summed E-state index contributed by atoms with van der Waals surface area (Å²) in [5, 5.41) is 0.556. The summed E-state index contributed by atoms with van der Waals surface area (Å²) in [7, 11) is -3.02. The molecule has 1 amide bonds. The van der Waals surface area contributed by atoms with Crippen molar-refractivity contribution in [3.05, 3.63) is 27.8 Å². The second kappa shape index (κ2) is 5.54. The lowest BCUT2D eigenvalue weighted by Crippen LogP contribution is -2.38. The third-order valence-electron chi connectivity index (χ3n) is 3.43. The highest BCUT2D eigenvalue weighted by Crippen LogP contribution is 2.42. The van der Waals surface area contributed by atoms with Gasteiger partial charge in [-0.3, -0.25) is 4.79 Å². The first-order valence-electron chi connectivity index (χ1n) is 6.37. The monoisotopic (exact) mass is 436 g/mol. The van der Waals surface area contributed by atoms with Gasteiger partial charge >= 0.3 is 0 Å². The van der Waals surface area contributed by atoms with Crippen LogP contribution in [0.1, 0.15) is 6.92 Å². The Balaban J connectivity index is 2.07. The number of thioether (sulfide) groups is 1. The third-order valence-corrected chi connectivity index (χ3v) is 7.55. The smallest absolute Gasteiger partial charge is 0.244 e. The molecule has 2 saturated heterocycles. The molecule has 112 valence electrons. The highest BCUT2D eigenvalue weighted by atomic mass is 127. The highest BCUT2D eigenvalue weighted by molar-refractivity contribution is 14.1. The maximum atomic E-state index is 11.9. The van der Waals surface area contributed by atoms with E-state index in [1.807, 2.05) is 29.2 Å². The Morgan fingerprint density at radius 2 is 2.10 bits per heavy atom. The molecule has 0 saturated carbocycles. The van der Waals surface area contributed by atoms with Crippen LogP contribution in [0, 0.1) is 3.57 Å². The van der Waals surface area contributed by atoms with E-state index in [0.29, 0.717) is 5.17 Å². The summed E-state index contributed by atoms with van der Waals surface area (Å²) < 4.78 is 24.8. The summed E-state index contributed by atoms with van der Waals surface area (Å²) in [6.45, 7) is 1.41. The summed E-state index contributed by atoms with van der Waals surface area (Å²) in [6, 6.07) is 7.59. The normalized spacial score (nSPS) is 28.9. The van der Waals surface area contributed by atoms with E-state index in [1.165, 1.54) is 18.7 Å². The zero-order valence-electron chi connectivity index (χ0n) is 11.2. The second-order valence-corrected chi connectivity index (χ2v) is 9.56. The number of aliphatic imine (C=N–C) groups is 1. The van der Waals surface area contributed by atoms with Crippen LogP contribution in [0.5, 0.6) is 0 Å². The van der Waals surface area contributed by atoms with Gasteiger partial charge in [-0.25, -0.2) is 8.42 Å². The van der Waals surface area contributed by atoms with E-state index < -0.39 is 9.84 Å². The van der Waals surface area contributed by atoms with Crippen LogP contribution in [0.25, 0.3) is 0 Å². The lowest BCUT2D eigenvalue weighted by atomic mass is 10.2. The number of halogens is 1. The maximum absolute atomic E-state index is 11.9. The Morgan fingerprint density at radius 1 is 1.38 bits per heavy atom. The van der Waals surface area contributed by atoms with Gasteiger partial charge in [-0.2, -0.15) is 4.99 Å². The van der Waals surface area contributed by atoms with E-state index in [2.05, 4.69) is 27.6 Å². The van der Waals surface area contributed by atoms with Crippen LogP contribution in [0.3, 0.4) is 0 Å². The molecule has 0 N–H and O–H groups in total. The average Bonchev–Trinajstić information content (AvgIpc) is 2.81. The van der Waals surface area contributed by atoms with Crippen LogP contribution in [-0.2, 0) is 14.6 Å². The summed E-state index contributed by atoms with van der Waals surface area (Å²) in [5.74, 6) is 0.00224. The number of amidine groups is 1. The first-order chi connectivity index (χ1) is 9.87. The molecule has 0 aliphatic carbocycles. The quantitative estimate of drug-likeness (QED) is 0.630. The van der Waals surface area contributed by atoms with Crippen LogP contribution >= 0.6 is 34.4 Å². The molecule has 1 aromatic carbocycles. The standard InChI is InChI=1S/C13H13IN2O3S2/c1-8(17)15-13-16(10-5-3-2-4-9(10)14)11-6-21(18,19)7-12(11)20-13/h2-5,11-12H,6-7H2,1H3. The predicted molar refractivity (Wildman–Crippen MR) is 93.6 cm³/mol. The molecule has 3 rings (SSSR count). The number of hydrogen-bond acceptors (Lipinski definition) is 4. The number of sulfone groups is 1. The zero-order chi connectivity index (χ0) is 15.2. The van der Waals surface area contributed by atoms with Crippen molar-refractivity contribution in [1.82, 2.24) is 0 Å². The number of nitrogens with zero attached hydrogens (tertiary/aromatic N) is 2. The van der Waals surface area contributed by atoms with Gasteiger partial charge < -0.3 is 4.90 Å². The topological polar surface area (TPSA) is 66.8 Å². The minimum absolute atomic E-state index is 0.0518. The van der Waals surface area contributed by atoms with E-state index in [4.69, 9.17) is 0 Å². The summed E-state index contributed by atoms with van der Waals surface area (Å²) in [6.07, 6.45) is 0. The molecule has 0 spiro atoms. The van der Waals surface area contributed by atoms with Gasteiger partial charge in [-0.05, 0) is 34.7 Å². The molecular weight excluding hydrogens is 423 g/mol. The molecule has 2 unspecified atom stereocenters. The molecule has 5 nitrogen and oxygen atoms in total. The zero-order valence-corrected chi connectivity index (χ0v) is 15.0. The molecular formula is C13H13IN2O3S2. The fourth-order valence-electron chi connectivity index (χ4n) is 2.63. The van der Waals surface area contributed by atoms with Gasteiger partial charge in [0.05, 0.1) is 23.2 Å². The number of rotatable bonds is 1. The molecule has 2 aliphatic heterocycles. The number of anilines is 1. The van der Waals surface area contributed by atoms with Crippen molar-refractivity contribution in [2.75, 3.05) is 16.4 Å². The first kappa shape index (κ1) is 15.3. The molecule has 2 fully saturated rings. The Kier molecular flexibility index (Phi) is 4.04. The Morgan fingerprint density at radius 3 is 2.76 bits per heavy atom. The van der Waals surface area contributed by atoms with Crippen molar-refractivity contribution >= 4 is 61.0 Å². The number of para-hydroxylation sites is 1. The second-order valence-electron chi connectivity index (χ2n) is 5.04. The van der Waals surface area contributed by atoms with Gasteiger partial charge in [-0.15, -0.1) is 0 Å². The number of benzene rings is 1. The van der Waals surface area contributed by atoms with Crippen LogP contribution in [0.2, 0.25) is 0 Å². The number of hydrogen-bond donors (Lipinski definition) is 0. The summed E-state index contributed by atoms with van der Waals surface area (Å²) in [4.78, 5) is 17.4. The largest absolute Gasteiger partial charge is 0.315 e. The molecule has 0 bridgehead atoms. The Labute approximate surface area is 141 Å². The third kappa shape index (κ3) is 2.98. The van der Waals surface area contributed by atoms with E-state index in [-0.39, 0.29) is 28.7 Å². The van der Waals surface area contributed by atoms with Gasteiger partial charge in [0.25, 0.3) is 0 Å². The van der Waals surface area contributed by atoms with E-state index >= 15 is 0 Å². The number of carbonyl (C=O) groups excluding carboxylic acids is 1. The maximum Gasteiger partial charge on any atom is 0.244 e. The van der Waals surface area contributed by atoms with Crippen molar-refractivity contribution in [1.29, 1.82) is 0 Å². The molecule has 2 heterocycles. The lowest BCUT2D eigenvalue weighted by Gasteiger charge is -2.25. The van der Waals surface area contributed by atoms with Crippen LogP contribution < -0.4 is 4.90 Å². The molecule has 2 aliphatic rings. The van der Waals surface area contributed by atoms with Crippen LogP contribution in [-0.4, -0.2) is 42.3 Å². The van der Waals surface area contributed by atoms with E-state index in [9.17, 15) is 13.2 Å². The minimum atomic E-state index is -3.02. The number of carbonyl (C=O) groups is 1. The SMILES string of the molecule is CC(=O)N=C1SC2CS(=O)(=O)CC2N1c1ccccc1I. The van der Waals surface area contributed by atoms with E-state index in [0.717, 1.165) is 9.26 Å². The number of fused-ring (bicyclic) bond motifs is 1. The van der Waals surface area contributed by atoms with Crippen LogP contribution in [0.15, 0.2) is 29.3 Å². The van der Waals surface area contributed by atoms with Gasteiger partial charge in [-0.1, -0.05) is 23.9 Å². The number of amides is 1. The molecule has 1 aromatic rings. The van der Waals surface area contributed by atoms with Crippen LogP contribution in [0.4, 0.5) is 5.69 Å². The molecule has 8 heteroatoms. The summed E-state index contributed by atoms with van der Waals surface area (Å²) >= 11 is 3.61. The summed E-state index contributed by atoms with van der Waals surface area (Å²) in [5.41, 5.74) is 0.912.